The third kappa shape index (κ3) is 3.30. The fraction of sp³-hybridized carbons (Fsp3) is 0.500. The van der Waals surface area contributed by atoms with Crippen molar-refractivity contribution in [1.82, 2.24) is 10.3 Å². The fourth-order valence-corrected chi connectivity index (χ4v) is 5.09. The molecule has 1 saturated heterocycles. The van der Waals surface area contributed by atoms with Gasteiger partial charge in [-0.05, 0) is 43.5 Å². The van der Waals surface area contributed by atoms with E-state index in [0.717, 1.165) is 43.6 Å². The summed E-state index contributed by atoms with van der Waals surface area (Å²) < 4.78 is 10.7. The summed E-state index contributed by atoms with van der Waals surface area (Å²) in [5.41, 5.74) is 1.48. The van der Waals surface area contributed by atoms with Crippen LogP contribution in [0.2, 0.25) is 0 Å². The minimum Gasteiger partial charge on any atom is -0.493 e. The molecule has 2 N–H and O–H groups in total. The monoisotopic (exact) mass is 387 g/mol. The lowest BCUT2D eigenvalue weighted by molar-refractivity contribution is -0.128. The largest absolute Gasteiger partial charge is 0.493 e. The number of rotatable bonds is 5. The second-order valence-electron chi connectivity index (χ2n) is 7.29. The molecule has 0 bridgehead atoms. The maximum absolute atomic E-state index is 13.1. The molecule has 0 unspecified atom stereocenters. The van der Waals surface area contributed by atoms with Crippen molar-refractivity contribution in [2.75, 3.05) is 32.6 Å². The van der Waals surface area contributed by atoms with Crippen molar-refractivity contribution in [2.24, 2.45) is 11.3 Å². The Bertz CT molecular complexity index is 838. The van der Waals surface area contributed by atoms with Crippen LogP contribution in [0.4, 0.5) is 5.13 Å². The van der Waals surface area contributed by atoms with E-state index in [2.05, 4.69) is 15.6 Å². The molecule has 6 nitrogen and oxygen atoms in total. The third-order valence-electron chi connectivity index (χ3n) is 5.89. The lowest BCUT2D eigenvalue weighted by atomic mass is 9.68. The quantitative estimate of drug-likeness (QED) is 0.821. The van der Waals surface area contributed by atoms with Crippen molar-refractivity contribution in [1.29, 1.82) is 0 Å². The maximum Gasteiger partial charge on any atom is 0.233 e. The Morgan fingerprint density at radius 1 is 1.30 bits per heavy atom. The number of carbonyl (C=O) groups excluding carboxylic acids is 1. The molecule has 1 aliphatic heterocycles. The van der Waals surface area contributed by atoms with Crippen LogP contribution in [0.1, 0.15) is 25.7 Å². The number of carbonyl (C=O) groups is 1. The predicted molar refractivity (Wildman–Crippen MR) is 107 cm³/mol. The van der Waals surface area contributed by atoms with E-state index in [1.807, 2.05) is 23.6 Å². The molecule has 1 saturated carbocycles. The highest BCUT2D eigenvalue weighted by molar-refractivity contribution is 7.14. The van der Waals surface area contributed by atoms with Crippen LogP contribution in [0.5, 0.6) is 11.5 Å². The number of fused-ring (bicyclic) bond motifs is 1. The summed E-state index contributed by atoms with van der Waals surface area (Å²) >= 11 is 1.46. The molecule has 2 heterocycles. The predicted octanol–water partition coefficient (Wildman–Crippen LogP) is 3.55. The minimum atomic E-state index is -0.270. The Balaban J connectivity index is 1.52. The van der Waals surface area contributed by atoms with Crippen LogP contribution in [-0.2, 0) is 4.79 Å². The van der Waals surface area contributed by atoms with E-state index >= 15 is 0 Å². The summed E-state index contributed by atoms with van der Waals surface area (Å²) in [5, 5.41) is 9.12. The van der Waals surface area contributed by atoms with Gasteiger partial charge >= 0.3 is 0 Å². The average molecular weight is 388 g/mol. The van der Waals surface area contributed by atoms with Gasteiger partial charge in [-0.1, -0.05) is 12.8 Å². The van der Waals surface area contributed by atoms with E-state index in [1.54, 1.807) is 14.2 Å². The number of anilines is 1. The van der Waals surface area contributed by atoms with Gasteiger partial charge in [-0.25, -0.2) is 4.98 Å². The van der Waals surface area contributed by atoms with Gasteiger partial charge in [0.15, 0.2) is 16.6 Å². The molecule has 2 atom stereocenters. The molecule has 7 heteroatoms. The second-order valence-corrected chi connectivity index (χ2v) is 8.15. The lowest BCUT2D eigenvalue weighted by Gasteiger charge is -2.36. The van der Waals surface area contributed by atoms with E-state index in [0.29, 0.717) is 22.5 Å². The van der Waals surface area contributed by atoms with Crippen molar-refractivity contribution in [3.63, 3.8) is 0 Å². The molecule has 144 valence electrons. The highest BCUT2D eigenvalue weighted by Crippen LogP contribution is 2.44. The van der Waals surface area contributed by atoms with Crippen LogP contribution in [0.25, 0.3) is 11.3 Å². The molecule has 1 amide bonds. The fourth-order valence-electron chi connectivity index (χ4n) is 4.37. The van der Waals surface area contributed by atoms with Crippen LogP contribution in [-0.4, -0.2) is 38.2 Å². The van der Waals surface area contributed by atoms with Crippen molar-refractivity contribution in [3.05, 3.63) is 23.6 Å². The van der Waals surface area contributed by atoms with Crippen molar-refractivity contribution in [2.45, 2.75) is 25.7 Å². The van der Waals surface area contributed by atoms with Gasteiger partial charge in [0.05, 0.1) is 25.3 Å². The first-order valence-corrected chi connectivity index (χ1v) is 10.2. The van der Waals surface area contributed by atoms with Crippen LogP contribution in [0.3, 0.4) is 0 Å². The summed E-state index contributed by atoms with van der Waals surface area (Å²) in [6.45, 7) is 1.72. The topological polar surface area (TPSA) is 72.5 Å². The zero-order valence-electron chi connectivity index (χ0n) is 15.7. The number of nitrogens with one attached hydrogen (secondary N) is 2. The number of hydrogen-bond donors (Lipinski definition) is 2. The lowest BCUT2D eigenvalue weighted by Crippen LogP contribution is -2.44. The standard InChI is InChI=1S/C20H25N3O3S/c1-25-16-7-6-13(9-17(16)26-2)15-11-27-19(22-15)23-18(24)20-8-4-3-5-14(20)10-21-12-20/h6-7,9,11,14,21H,3-5,8,10,12H2,1-2H3,(H,22,23,24)/t14-,20+/m0/s1. The Labute approximate surface area is 163 Å². The van der Waals surface area contributed by atoms with Crippen LogP contribution in [0, 0.1) is 11.3 Å². The summed E-state index contributed by atoms with van der Waals surface area (Å²) in [6, 6.07) is 5.70. The first-order valence-electron chi connectivity index (χ1n) is 9.36. The second kappa shape index (κ2) is 7.48. The molecule has 4 rings (SSSR count). The minimum absolute atomic E-state index is 0.116. The van der Waals surface area contributed by atoms with Gasteiger partial charge in [0.2, 0.25) is 5.91 Å². The summed E-state index contributed by atoms with van der Waals surface area (Å²) in [7, 11) is 3.23. The highest BCUT2D eigenvalue weighted by atomic mass is 32.1. The van der Waals surface area contributed by atoms with Gasteiger partial charge in [0, 0.05) is 17.5 Å². The summed E-state index contributed by atoms with van der Waals surface area (Å²) in [4.78, 5) is 17.7. The van der Waals surface area contributed by atoms with Crippen molar-refractivity contribution in [3.8, 4) is 22.8 Å². The smallest absolute Gasteiger partial charge is 0.233 e. The molecule has 2 aliphatic rings. The first kappa shape index (κ1) is 18.3. The van der Waals surface area contributed by atoms with Crippen LogP contribution < -0.4 is 20.1 Å². The molecule has 0 radical (unpaired) electrons. The van der Waals surface area contributed by atoms with E-state index in [4.69, 9.17) is 9.47 Å². The van der Waals surface area contributed by atoms with Gasteiger partial charge in [0.1, 0.15) is 0 Å². The van der Waals surface area contributed by atoms with E-state index < -0.39 is 0 Å². The maximum atomic E-state index is 13.1. The van der Waals surface area contributed by atoms with Crippen molar-refractivity contribution < 1.29 is 14.3 Å². The number of benzene rings is 1. The third-order valence-corrected chi connectivity index (χ3v) is 6.65. The number of nitrogens with zero attached hydrogens (tertiary/aromatic N) is 1. The SMILES string of the molecule is COc1ccc(-c2csc(NC(=O)[C@@]34CCCC[C@H]3CNC4)n2)cc1OC. The molecule has 2 fully saturated rings. The van der Waals surface area contributed by atoms with Crippen LogP contribution >= 0.6 is 11.3 Å². The molecular formula is C20H25N3O3S. The molecule has 1 aromatic carbocycles. The molecule has 27 heavy (non-hydrogen) atoms. The molecular weight excluding hydrogens is 362 g/mol. The Kier molecular flexibility index (Phi) is 5.06. The first-order chi connectivity index (χ1) is 13.2. The molecule has 2 aromatic rings. The average Bonchev–Trinajstić information content (AvgIpc) is 3.35. The van der Waals surface area contributed by atoms with Gasteiger partial charge in [0.25, 0.3) is 0 Å². The van der Waals surface area contributed by atoms with E-state index in [1.165, 1.54) is 17.8 Å². The van der Waals surface area contributed by atoms with Gasteiger partial charge in [-0.15, -0.1) is 11.3 Å². The van der Waals surface area contributed by atoms with Gasteiger partial charge in [-0.2, -0.15) is 0 Å². The van der Waals surface area contributed by atoms with Crippen molar-refractivity contribution >= 4 is 22.4 Å². The van der Waals surface area contributed by atoms with Gasteiger partial charge < -0.3 is 20.1 Å². The van der Waals surface area contributed by atoms with Crippen LogP contribution in [0.15, 0.2) is 23.6 Å². The Morgan fingerprint density at radius 2 is 2.15 bits per heavy atom. The Morgan fingerprint density at radius 3 is 2.96 bits per heavy atom. The summed E-state index contributed by atoms with van der Waals surface area (Å²) in [6.07, 6.45) is 4.45. The van der Waals surface area contributed by atoms with E-state index in [-0.39, 0.29) is 11.3 Å². The number of aromatic nitrogens is 1. The highest BCUT2D eigenvalue weighted by Gasteiger charge is 2.49. The molecule has 1 aliphatic carbocycles. The zero-order valence-corrected chi connectivity index (χ0v) is 16.5. The number of methoxy groups -OCH3 is 2. The zero-order chi connectivity index (χ0) is 18.9. The number of ether oxygens (including phenoxy) is 2. The normalized spacial score (nSPS) is 24.3. The number of thiazole rings is 1. The number of hydrogen-bond acceptors (Lipinski definition) is 6. The number of amides is 1. The molecule has 0 spiro atoms. The Hall–Kier alpha value is -2.12. The molecule has 1 aromatic heterocycles. The van der Waals surface area contributed by atoms with E-state index in [9.17, 15) is 4.79 Å². The van der Waals surface area contributed by atoms with Gasteiger partial charge in [-0.3, -0.25) is 4.79 Å². The summed E-state index contributed by atoms with van der Waals surface area (Å²) in [5.74, 6) is 1.90.